The zero-order valence-corrected chi connectivity index (χ0v) is 16.9. The minimum atomic E-state index is 0.199. The van der Waals surface area contributed by atoms with Gasteiger partial charge in [0, 0.05) is 43.6 Å². The summed E-state index contributed by atoms with van der Waals surface area (Å²) in [5.74, 6) is 0.854. The van der Waals surface area contributed by atoms with Gasteiger partial charge < -0.3 is 19.9 Å². The number of fused-ring (bicyclic) bond motifs is 3. The van der Waals surface area contributed by atoms with E-state index >= 15 is 0 Å². The Labute approximate surface area is 168 Å². The van der Waals surface area contributed by atoms with E-state index in [9.17, 15) is 5.11 Å². The molecule has 2 aromatic heterocycles. The molecule has 1 saturated carbocycles. The van der Waals surface area contributed by atoms with E-state index in [-0.39, 0.29) is 11.3 Å². The van der Waals surface area contributed by atoms with Crippen molar-refractivity contribution in [2.75, 3.05) is 18.5 Å². The molecule has 3 aromatic rings. The molecule has 2 aliphatic heterocycles. The number of phenols is 1. The van der Waals surface area contributed by atoms with E-state index < -0.39 is 0 Å². The Hall–Kier alpha value is -2.45. The van der Waals surface area contributed by atoms with E-state index in [0.29, 0.717) is 17.5 Å². The van der Waals surface area contributed by atoms with Crippen molar-refractivity contribution in [3.05, 3.63) is 36.9 Å². The number of nitrogens with one attached hydrogen (secondary N) is 1. The van der Waals surface area contributed by atoms with Gasteiger partial charge in [0.2, 0.25) is 5.13 Å². The second-order valence-electron chi connectivity index (χ2n) is 8.18. The van der Waals surface area contributed by atoms with Crippen molar-refractivity contribution in [3.63, 3.8) is 0 Å². The van der Waals surface area contributed by atoms with Gasteiger partial charge in [-0.25, -0.2) is 4.98 Å². The molecule has 146 valence electrons. The van der Waals surface area contributed by atoms with Gasteiger partial charge in [-0.2, -0.15) is 0 Å². The predicted octanol–water partition coefficient (Wildman–Crippen LogP) is 3.06. The number of hydrogen-bond acceptors (Lipinski definition) is 7. The molecule has 4 heterocycles. The Bertz CT molecular complexity index is 977. The number of imidazole rings is 1. The standard InChI is InChI=1S/C20H24N6OS/c1-20-6-5-13(11-22-20)16(10-20)25(2)19-24-23-18(28-19)15-4-3-14(9-17(15)27)26-8-7-21-12-26/h3-4,7-9,12-13,16,22,27H,5-6,10-11H2,1-2H3/t13?,16-,20+/m0/s1. The van der Waals surface area contributed by atoms with Gasteiger partial charge in [0.05, 0.1) is 17.6 Å². The molecular formula is C20H24N6OS. The number of aromatic hydroxyl groups is 1. The van der Waals surface area contributed by atoms with Gasteiger partial charge in [-0.1, -0.05) is 11.3 Å². The summed E-state index contributed by atoms with van der Waals surface area (Å²) in [7, 11) is 2.13. The van der Waals surface area contributed by atoms with Crippen molar-refractivity contribution < 1.29 is 5.11 Å². The van der Waals surface area contributed by atoms with Crippen molar-refractivity contribution in [1.82, 2.24) is 25.1 Å². The summed E-state index contributed by atoms with van der Waals surface area (Å²) in [4.78, 5) is 6.34. The zero-order valence-electron chi connectivity index (χ0n) is 16.0. The largest absolute Gasteiger partial charge is 0.507 e. The summed E-state index contributed by atoms with van der Waals surface area (Å²) < 4.78 is 1.86. The van der Waals surface area contributed by atoms with Crippen molar-refractivity contribution in [2.45, 2.75) is 37.8 Å². The lowest BCUT2D eigenvalue weighted by atomic mass is 9.70. The molecule has 3 fully saturated rings. The van der Waals surface area contributed by atoms with E-state index in [0.717, 1.165) is 28.8 Å². The van der Waals surface area contributed by atoms with Gasteiger partial charge in [-0.3, -0.25) is 0 Å². The van der Waals surface area contributed by atoms with Crippen LogP contribution in [0.2, 0.25) is 0 Å². The van der Waals surface area contributed by atoms with Gasteiger partial charge in [-0.05, 0) is 44.2 Å². The highest BCUT2D eigenvalue weighted by atomic mass is 32.1. The SMILES string of the molecule is CN(c1nnc(-c2ccc(-n3ccnc3)cc2O)s1)[C@H]1C[C@@]2(C)CCC1CN2. The van der Waals surface area contributed by atoms with Crippen molar-refractivity contribution in [1.29, 1.82) is 0 Å². The van der Waals surface area contributed by atoms with Crippen molar-refractivity contribution >= 4 is 16.5 Å². The van der Waals surface area contributed by atoms with Gasteiger partial charge in [0.25, 0.3) is 0 Å². The molecule has 2 saturated heterocycles. The van der Waals surface area contributed by atoms with Gasteiger partial charge >= 0.3 is 0 Å². The lowest BCUT2D eigenvalue weighted by Gasteiger charge is -2.52. The van der Waals surface area contributed by atoms with Crippen molar-refractivity contribution in [2.24, 2.45) is 5.92 Å². The molecule has 2 bridgehead atoms. The number of anilines is 1. The number of nitrogens with zero attached hydrogens (tertiary/aromatic N) is 5. The summed E-state index contributed by atoms with van der Waals surface area (Å²) in [5.41, 5.74) is 1.81. The molecule has 28 heavy (non-hydrogen) atoms. The second-order valence-corrected chi connectivity index (χ2v) is 9.14. The molecule has 0 spiro atoms. The molecule has 1 unspecified atom stereocenters. The van der Waals surface area contributed by atoms with Crippen LogP contribution in [-0.4, -0.2) is 50.0 Å². The molecule has 2 N–H and O–H groups in total. The van der Waals surface area contributed by atoms with E-state index in [4.69, 9.17) is 0 Å². The van der Waals surface area contributed by atoms with Crippen LogP contribution < -0.4 is 10.2 Å². The minimum Gasteiger partial charge on any atom is -0.507 e. The van der Waals surface area contributed by atoms with E-state index in [1.54, 1.807) is 18.6 Å². The van der Waals surface area contributed by atoms with Gasteiger partial charge in [0.15, 0.2) is 5.01 Å². The maximum Gasteiger partial charge on any atom is 0.208 e. The molecule has 0 amide bonds. The quantitative estimate of drug-likeness (QED) is 0.706. The Kier molecular flexibility index (Phi) is 4.13. The first-order valence-electron chi connectivity index (χ1n) is 9.65. The first-order valence-corrected chi connectivity index (χ1v) is 10.5. The summed E-state index contributed by atoms with van der Waals surface area (Å²) >= 11 is 1.54. The zero-order chi connectivity index (χ0) is 19.3. The normalized spacial score (nSPS) is 26.5. The number of aromatic nitrogens is 4. The Morgan fingerprint density at radius 1 is 1.36 bits per heavy atom. The predicted molar refractivity (Wildman–Crippen MR) is 110 cm³/mol. The number of rotatable bonds is 4. The number of benzene rings is 1. The molecule has 3 atom stereocenters. The molecular weight excluding hydrogens is 372 g/mol. The van der Waals surface area contributed by atoms with Gasteiger partial charge in [0.1, 0.15) is 5.75 Å². The van der Waals surface area contributed by atoms with Crippen LogP contribution in [0.3, 0.4) is 0 Å². The maximum absolute atomic E-state index is 10.5. The fourth-order valence-corrected chi connectivity index (χ4v) is 5.44. The van der Waals surface area contributed by atoms with Gasteiger partial charge in [-0.15, -0.1) is 10.2 Å². The Balaban J connectivity index is 1.39. The molecule has 7 nitrogen and oxygen atoms in total. The highest BCUT2D eigenvalue weighted by molar-refractivity contribution is 7.18. The highest BCUT2D eigenvalue weighted by Gasteiger charge is 2.44. The fourth-order valence-electron chi connectivity index (χ4n) is 4.54. The summed E-state index contributed by atoms with van der Waals surface area (Å²) in [6.07, 6.45) is 8.92. The molecule has 1 aliphatic carbocycles. The number of hydrogen-bond donors (Lipinski definition) is 2. The first kappa shape index (κ1) is 17.6. The van der Waals surface area contributed by atoms with Crippen LogP contribution in [0.15, 0.2) is 36.9 Å². The third kappa shape index (κ3) is 2.97. The molecule has 3 aliphatic rings. The third-order valence-corrected chi connectivity index (χ3v) is 7.34. The molecule has 1 aromatic carbocycles. The smallest absolute Gasteiger partial charge is 0.208 e. The summed E-state index contributed by atoms with van der Waals surface area (Å²) in [6, 6.07) is 6.06. The van der Waals surface area contributed by atoms with E-state index in [2.05, 4.69) is 39.4 Å². The summed E-state index contributed by atoms with van der Waals surface area (Å²) in [5, 5.41) is 24.7. The van der Waals surface area contributed by atoms with Crippen molar-refractivity contribution in [3.8, 4) is 22.0 Å². The van der Waals surface area contributed by atoms with Crippen LogP contribution >= 0.6 is 11.3 Å². The third-order valence-electron chi connectivity index (χ3n) is 6.29. The lowest BCUT2D eigenvalue weighted by Crippen LogP contribution is -2.62. The number of phenolic OH excluding ortho intramolecular Hbond substituents is 1. The van der Waals surface area contributed by atoms with E-state index in [1.165, 1.54) is 24.2 Å². The fraction of sp³-hybridized carbons (Fsp3) is 0.450. The second kappa shape index (κ2) is 6.56. The van der Waals surface area contributed by atoms with E-state index in [1.807, 2.05) is 22.9 Å². The topological polar surface area (TPSA) is 79.1 Å². The van der Waals surface area contributed by atoms with Crippen LogP contribution in [0.5, 0.6) is 5.75 Å². The monoisotopic (exact) mass is 396 g/mol. The highest BCUT2D eigenvalue weighted by Crippen LogP contribution is 2.42. The Morgan fingerprint density at radius 3 is 2.93 bits per heavy atom. The van der Waals surface area contributed by atoms with Crippen LogP contribution in [0.4, 0.5) is 5.13 Å². The van der Waals surface area contributed by atoms with Crippen LogP contribution in [0.25, 0.3) is 16.3 Å². The first-order chi connectivity index (χ1) is 13.5. The summed E-state index contributed by atoms with van der Waals surface area (Å²) in [6.45, 7) is 3.41. The molecule has 0 radical (unpaired) electrons. The average Bonchev–Trinajstić information content (AvgIpc) is 3.39. The van der Waals surface area contributed by atoms with Crippen LogP contribution in [0.1, 0.15) is 26.2 Å². The Morgan fingerprint density at radius 2 is 2.25 bits per heavy atom. The van der Waals surface area contributed by atoms with Crippen LogP contribution in [0, 0.1) is 5.92 Å². The molecule has 6 rings (SSSR count). The maximum atomic E-state index is 10.5. The minimum absolute atomic E-state index is 0.199. The lowest BCUT2D eigenvalue weighted by molar-refractivity contribution is 0.108. The molecule has 8 heteroatoms. The average molecular weight is 397 g/mol. The van der Waals surface area contributed by atoms with Crippen LogP contribution in [-0.2, 0) is 0 Å². The number of piperidine rings is 2.